The van der Waals surface area contributed by atoms with Gasteiger partial charge < -0.3 is 25.5 Å². The summed E-state index contributed by atoms with van der Waals surface area (Å²) in [5.74, 6) is -0.295. The molecular weight excluding hydrogens is 909 g/mol. The van der Waals surface area contributed by atoms with E-state index in [0.29, 0.717) is 28.9 Å². The predicted molar refractivity (Wildman–Crippen MR) is 288 cm³/mol. The SMILES string of the molecule is CC1=C(O)C(=O)C=C2C1=CC=C1[C@@]2(C)CC[C@@]2(C)[C@@H]3C[C@](C)(C(=O)N4CCNC(C)(C)C4)CC[C@]3(C)CC[C@]12C.CC1=C(O)C(=O)C=C2C1=CC=C1[C@@]2(C)CC[C@@]2(C)[C@@H]3C[C@](C)(C(=O)O)CC[C@]3(C)CC[C@]12C. The van der Waals surface area contributed by atoms with Gasteiger partial charge in [-0.25, -0.2) is 0 Å². The Morgan fingerprint density at radius 2 is 0.973 bits per heavy atom. The van der Waals surface area contributed by atoms with Crippen LogP contribution < -0.4 is 5.32 Å². The van der Waals surface area contributed by atoms with Crippen LogP contribution in [0.5, 0.6) is 0 Å². The van der Waals surface area contributed by atoms with Gasteiger partial charge in [0.1, 0.15) is 0 Å². The van der Waals surface area contributed by atoms with Crippen molar-refractivity contribution < 1.29 is 34.5 Å². The molecule has 0 aromatic carbocycles. The van der Waals surface area contributed by atoms with Gasteiger partial charge in [-0.3, -0.25) is 19.2 Å². The Labute approximate surface area is 436 Å². The zero-order valence-electron chi connectivity index (χ0n) is 47.1. The highest BCUT2D eigenvalue weighted by molar-refractivity contribution is 6.07. The summed E-state index contributed by atoms with van der Waals surface area (Å²) in [6, 6.07) is 0. The minimum Gasteiger partial charge on any atom is -0.504 e. The minimum absolute atomic E-state index is 0.0000746. The van der Waals surface area contributed by atoms with Gasteiger partial charge in [-0.05, 0) is 203 Å². The molecule has 0 radical (unpaired) electrons. The Bertz CT molecular complexity index is 2800. The van der Waals surface area contributed by atoms with Crippen LogP contribution in [0.25, 0.3) is 0 Å². The standard InChI is InChI=1S/C35H50N2O3.C29H38O4/c1-22-23-9-10-26-33(6,24(23)19-25(38)28(22)39)14-16-35(8)27-20-32(5,12-11-31(27,4)13-15-34(26,35)7)29(40)37-18-17-36-30(2,3)21-37;1-17-18-7-8-21-27(4,19(18)15-20(30)23(17)31)12-14-29(6)22-16-26(3,24(32)33)10-9-25(22,2)11-13-28(21,29)5/h9-10,19,27,36,39H,11-18,20-21H2,1-8H3;7-8,15,22,31H,9-14,16H2,1-6H3,(H,32,33)/t27-,31-,32-,33+,34-,35+;22-,25-,26-,27+,28-,29+/m11/s1. The normalized spacial score (nSPS) is 45.5. The summed E-state index contributed by atoms with van der Waals surface area (Å²) in [6.07, 6.45) is 26.3. The molecule has 11 aliphatic rings. The lowest BCUT2D eigenvalue weighted by Gasteiger charge is -2.70. The van der Waals surface area contributed by atoms with E-state index >= 15 is 0 Å². The van der Waals surface area contributed by atoms with Gasteiger partial charge in [-0.2, -0.15) is 0 Å². The number of aliphatic hydroxyl groups is 2. The maximum atomic E-state index is 14.2. The topological polar surface area (TPSA) is 144 Å². The van der Waals surface area contributed by atoms with Crippen LogP contribution in [-0.2, 0) is 19.2 Å². The quantitative estimate of drug-likeness (QED) is 0.214. The molecule has 10 aliphatic carbocycles. The fraction of sp³-hybridized carbons (Fsp3) is 0.688. The summed E-state index contributed by atoms with van der Waals surface area (Å²) < 4.78 is 0. The van der Waals surface area contributed by atoms with E-state index < -0.39 is 11.4 Å². The number of aliphatic carboxylic acids is 1. The first kappa shape index (κ1) is 52.2. The highest BCUT2D eigenvalue weighted by atomic mass is 16.4. The summed E-state index contributed by atoms with van der Waals surface area (Å²) in [7, 11) is 0. The number of carboxylic acid groups (broad SMARTS) is 1. The van der Waals surface area contributed by atoms with Crippen LogP contribution in [0.3, 0.4) is 0 Å². The number of carbonyl (C=O) groups is 4. The summed E-state index contributed by atoms with van der Waals surface area (Å²) >= 11 is 0. The van der Waals surface area contributed by atoms with Crippen LogP contribution in [0.1, 0.15) is 187 Å². The lowest BCUT2D eigenvalue weighted by molar-refractivity contribution is -0.178. The van der Waals surface area contributed by atoms with Crippen molar-refractivity contribution in [2.75, 3.05) is 19.6 Å². The molecule has 0 unspecified atom stereocenters. The number of carboxylic acids is 1. The molecule has 7 fully saturated rings. The first-order valence-corrected chi connectivity index (χ1v) is 28.2. The molecule has 9 nitrogen and oxygen atoms in total. The number of allylic oxidation sites excluding steroid dienone is 14. The molecule has 4 N–H and O–H groups in total. The van der Waals surface area contributed by atoms with Gasteiger partial charge in [-0.15, -0.1) is 0 Å². The number of ketones is 2. The highest BCUT2D eigenvalue weighted by Gasteiger charge is 2.69. The zero-order valence-corrected chi connectivity index (χ0v) is 47.1. The first-order valence-electron chi connectivity index (χ1n) is 28.2. The third kappa shape index (κ3) is 7.06. The summed E-state index contributed by atoms with van der Waals surface area (Å²) in [5.41, 5.74) is 7.28. The van der Waals surface area contributed by atoms with Crippen molar-refractivity contribution >= 4 is 23.4 Å². The molecule has 6 saturated carbocycles. The first-order chi connectivity index (χ1) is 33.7. The summed E-state index contributed by atoms with van der Waals surface area (Å²) in [4.78, 5) is 54.0. The molecule has 73 heavy (non-hydrogen) atoms. The van der Waals surface area contributed by atoms with E-state index in [1.807, 2.05) is 20.8 Å². The fourth-order valence-corrected chi connectivity index (χ4v) is 19.0. The van der Waals surface area contributed by atoms with E-state index in [2.05, 4.69) is 111 Å². The number of nitrogens with zero attached hydrogens (tertiary/aromatic N) is 1. The number of amides is 1. The number of nitrogens with one attached hydrogen (secondary N) is 1. The van der Waals surface area contributed by atoms with Gasteiger partial charge in [0, 0.05) is 52.6 Å². The van der Waals surface area contributed by atoms with Crippen LogP contribution in [-0.4, -0.2) is 68.8 Å². The molecule has 11 rings (SSSR count). The largest absolute Gasteiger partial charge is 0.504 e. The Morgan fingerprint density at radius 3 is 1.40 bits per heavy atom. The molecule has 0 bridgehead atoms. The Balaban J connectivity index is 0.000000171. The van der Waals surface area contributed by atoms with E-state index in [4.69, 9.17) is 0 Å². The van der Waals surface area contributed by atoms with Gasteiger partial charge in [0.25, 0.3) is 0 Å². The van der Waals surface area contributed by atoms with Gasteiger partial charge in [-0.1, -0.05) is 97.8 Å². The number of carbonyl (C=O) groups excluding carboxylic acids is 3. The second kappa shape index (κ2) is 16.1. The molecule has 1 saturated heterocycles. The average molecular weight is 997 g/mol. The van der Waals surface area contributed by atoms with Crippen molar-refractivity contribution in [2.24, 2.45) is 66.0 Å². The second-order valence-electron chi connectivity index (χ2n) is 29.1. The van der Waals surface area contributed by atoms with Crippen LogP contribution in [0.2, 0.25) is 0 Å². The Kier molecular flexibility index (Phi) is 11.5. The van der Waals surface area contributed by atoms with Crippen LogP contribution in [0.4, 0.5) is 0 Å². The van der Waals surface area contributed by atoms with Gasteiger partial charge in [0.05, 0.1) is 5.41 Å². The third-order valence-corrected chi connectivity index (χ3v) is 24.6. The minimum atomic E-state index is -0.655. The number of rotatable bonds is 2. The second-order valence-corrected chi connectivity index (χ2v) is 29.1. The monoisotopic (exact) mass is 997 g/mol. The number of aliphatic hydroxyl groups excluding tert-OH is 2. The number of hydrogen-bond acceptors (Lipinski definition) is 7. The van der Waals surface area contributed by atoms with Crippen molar-refractivity contribution in [3.05, 3.63) is 92.6 Å². The number of fused-ring (bicyclic) bond motifs is 14. The van der Waals surface area contributed by atoms with Crippen LogP contribution >= 0.6 is 0 Å². The molecule has 1 heterocycles. The average Bonchev–Trinajstić information content (AvgIpc) is 3.33. The lowest BCUT2D eigenvalue weighted by atomic mass is 9.34. The van der Waals surface area contributed by atoms with E-state index in [-0.39, 0.29) is 77.4 Å². The zero-order chi connectivity index (χ0) is 53.3. The molecule has 0 aromatic heterocycles. The van der Waals surface area contributed by atoms with Gasteiger partial charge in [0.15, 0.2) is 11.5 Å². The summed E-state index contributed by atoms with van der Waals surface area (Å²) in [6.45, 7) is 34.2. The highest BCUT2D eigenvalue weighted by Crippen LogP contribution is 2.77. The van der Waals surface area contributed by atoms with Crippen molar-refractivity contribution in [3.8, 4) is 0 Å². The van der Waals surface area contributed by atoms with Crippen LogP contribution in [0, 0.1) is 66.0 Å². The maximum Gasteiger partial charge on any atom is 0.309 e. The van der Waals surface area contributed by atoms with E-state index in [0.717, 1.165) is 125 Å². The van der Waals surface area contributed by atoms with Gasteiger partial charge >= 0.3 is 5.97 Å². The van der Waals surface area contributed by atoms with Crippen LogP contribution in [0.15, 0.2) is 92.6 Å². The fourth-order valence-electron chi connectivity index (χ4n) is 19.0. The maximum absolute atomic E-state index is 14.2. The molecule has 396 valence electrons. The van der Waals surface area contributed by atoms with Crippen molar-refractivity contribution in [1.29, 1.82) is 0 Å². The number of hydrogen-bond donors (Lipinski definition) is 4. The predicted octanol–water partition coefficient (Wildman–Crippen LogP) is 13.5. The molecular formula is C64H88N2O7. The van der Waals surface area contributed by atoms with Gasteiger partial charge in [0.2, 0.25) is 17.5 Å². The smallest absolute Gasteiger partial charge is 0.309 e. The van der Waals surface area contributed by atoms with E-state index in [1.165, 1.54) is 17.6 Å². The molecule has 0 spiro atoms. The van der Waals surface area contributed by atoms with Crippen molar-refractivity contribution in [3.63, 3.8) is 0 Å². The molecule has 1 aliphatic heterocycles. The molecule has 1 amide bonds. The summed E-state index contributed by atoms with van der Waals surface area (Å²) in [5, 5.41) is 34.3. The Morgan fingerprint density at radius 1 is 0.562 bits per heavy atom. The third-order valence-electron chi connectivity index (χ3n) is 24.6. The molecule has 9 heteroatoms. The van der Waals surface area contributed by atoms with Crippen molar-refractivity contribution in [1.82, 2.24) is 10.2 Å². The number of piperazine rings is 1. The molecule has 12 atom stereocenters. The lowest BCUT2D eigenvalue weighted by Crippen LogP contribution is -2.64. The molecule has 0 aromatic rings. The van der Waals surface area contributed by atoms with Crippen molar-refractivity contribution in [2.45, 2.75) is 192 Å². The Hall–Kier alpha value is -4.24. The van der Waals surface area contributed by atoms with E-state index in [1.54, 1.807) is 12.2 Å². The van der Waals surface area contributed by atoms with E-state index in [9.17, 15) is 34.5 Å².